The third-order valence-electron chi connectivity index (χ3n) is 25.6. The number of likely N-dealkylation sites (N-methyl/N-ethyl adjacent to an activating group) is 3. The first-order chi connectivity index (χ1) is 66.6. The minimum atomic E-state index is -1.84. The summed E-state index contributed by atoms with van der Waals surface area (Å²) in [6, 6.07) is 21.0. The van der Waals surface area contributed by atoms with E-state index in [9.17, 15) is 33.5 Å². The molecule has 3 aliphatic heterocycles. The zero-order chi connectivity index (χ0) is 101. The van der Waals surface area contributed by atoms with Crippen LogP contribution in [0, 0.1) is 29.3 Å². The van der Waals surface area contributed by atoms with Crippen molar-refractivity contribution in [3.8, 4) is 5.75 Å². The number of para-hydroxylation sites is 1. The van der Waals surface area contributed by atoms with Gasteiger partial charge in [0.2, 0.25) is 88.6 Å². The summed E-state index contributed by atoms with van der Waals surface area (Å²) >= 11 is 0.703. The van der Waals surface area contributed by atoms with Crippen molar-refractivity contribution in [3.05, 3.63) is 208 Å². The highest BCUT2D eigenvalue weighted by Gasteiger charge is 2.46. The Morgan fingerprint density at radius 1 is 0.504 bits per heavy atom. The molecule has 0 saturated carbocycles. The lowest BCUT2D eigenvalue weighted by Crippen LogP contribution is -2.63. The minimum absolute atomic E-state index is 0.00637. The Labute approximate surface area is 810 Å². The molecule has 13 atom stereocenters. The third kappa shape index (κ3) is 30.1. The first kappa shape index (κ1) is 108. The Balaban J connectivity index is 1.05. The number of thioether (sulfide) groups is 1. The normalized spacial score (nSPS) is 23.2. The number of unbranched alkanes of at least 4 members (excludes halogenated alkanes) is 2. The van der Waals surface area contributed by atoms with Crippen LogP contribution in [-0.4, -0.2) is 268 Å². The van der Waals surface area contributed by atoms with E-state index < -0.39 is 228 Å². The molecule has 4 heterocycles. The van der Waals surface area contributed by atoms with Gasteiger partial charge in [-0.1, -0.05) is 149 Å². The van der Waals surface area contributed by atoms with E-state index in [0.29, 0.717) is 89.3 Å². The largest absolute Gasteiger partial charge is 0.508 e. The summed E-state index contributed by atoms with van der Waals surface area (Å²) in [6.07, 6.45) is 2.87. The molecule has 0 radical (unpaired) electrons. The number of hydrogen-bond acceptors (Lipinski definition) is 20. The van der Waals surface area contributed by atoms with Gasteiger partial charge in [-0.25, -0.2) is 13.2 Å². The lowest BCUT2D eigenvalue weighted by atomic mass is 9.95. The van der Waals surface area contributed by atoms with Gasteiger partial charge in [-0.2, -0.15) is 0 Å². The SMILES string of the molecule is CCCC[C@H]1C(=O)N2CCC[C@@H]2C(=O)N[C@@H](CN)C(=O)N[C@@H](C(C)C)C(=O)N(C)C(Cc2ccccc2)C(=O)N[C@@H](Cc2ccc(CN)cc2)C(=O)N2CCCC[C@@H]2C(=O)NC[C@@H](Cc2c[nH]c3ccccc23)C(=O)N[C@H](CCc2ccc(O)cc2)C(=O)N[C@@H](CCCCN)C(=O)N[C@H](C(=O)NCC(N)=O)CSCC(=O)N[C@@H](Cc2cc(F)c(F)c(F)c2)C(=O)N(C)[C@@H](Cc2ccccc2)C(=O)N1C. The Morgan fingerprint density at radius 2 is 1.05 bits per heavy atom. The Hall–Kier alpha value is -13.3. The highest BCUT2D eigenvalue weighted by atomic mass is 32.2. The van der Waals surface area contributed by atoms with Crippen LogP contribution in [0.4, 0.5) is 13.2 Å². The molecular weight excluding hydrogens is 1810 g/mol. The fourth-order valence-electron chi connectivity index (χ4n) is 17.6. The molecule has 39 heteroatoms. The van der Waals surface area contributed by atoms with Gasteiger partial charge < -0.3 is 105 Å². The highest BCUT2D eigenvalue weighted by molar-refractivity contribution is 8.00. The zero-order valence-corrected chi connectivity index (χ0v) is 80.1. The van der Waals surface area contributed by atoms with Gasteiger partial charge >= 0.3 is 0 Å². The number of benzene rings is 6. The van der Waals surface area contributed by atoms with Crippen LogP contribution in [-0.2, 0) is 117 Å². The molecule has 10 rings (SSSR count). The van der Waals surface area contributed by atoms with Gasteiger partial charge in [0, 0.05) is 102 Å². The molecule has 35 nitrogen and oxygen atoms in total. The quantitative estimate of drug-likeness (QED) is 0.0273. The number of hydrogen-bond donors (Lipinski definition) is 15. The van der Waals surface area contributed by atoms with Crippen LogP contribution in [0.2, 0.25) is 0 Å². The van der Waals surface area contributed by atoms with E-state index in [0.717, 1.165) is 20.7 Å². The van der Waals surface area contributed by atoms with Crippen molar-refractivity contribution in [2.24, 2.45) is 34.8 Å². The number of piperidine rings is 1. The van der Waals surface area contributed by atoms with Crippen LogP contribution in [0.15, 0.2) is 152 Å². The Morgan fingerprint density at radius 3 is 1.70 bits per heavy atom. The molecule has 6 aromatic carbocycles. The van der Waals surface area contributed by atoms with Crippen molar-refractivity contribution in [1.82, 2.24) is 77.3 Å². The van der Waals surface area contributed by atoms with Crippen LogP contribution in [0.5, 0.6) is 5.75 Å². The van der Waals surface area contributed by atoms with E-state index in [1.165, 1.54) is 48.0 Å². The van der Waals surface area contributed by atoms with Gasteiger partial charge in [0.25, 0.3) is 0 Å². The summed E-state index contributed by atoms with van der Waals surface area (Å²) < 4.78 is 45.2. The number of aromatic nitrogens is 1. The number of nitrogens with one attached hydrogen (secondary N) is 10. The fraction of sp³-hybridized carbons (Fsp3) is 0.470. The molecule has 3 fully saturated rings. The van der Waals surface area contributed by atoms with E-state index in [1.54, 1.807) is 123 Å². The number of nitrogens with two attached hydrogens (primary N) is 4. The van der Waals surface area contributed by atoms with Gasteiger partial charge in [0.15, 0.2) is 17.5 Å². The van der Waals surface area contributed by atoms with Crippen LogP contribution >= 0.6 is 11.8 Å². The third-order valence-corrected chi connectivity index (χ3v) is 26.7. The van der Waals surface area contributed by atoms with E-state index in [2.05, 4.69) is 52.8 Å². The fourth-order valence-corrected chi connectivity index (χ4v) is 18.5. The maximum atomic E-state index is 15.9. The predicted molar refractivity (Wildman–Crippen MR) is 516 cm³/mol. The summed E-state index contributed by atoms with van der Waals surface area (Å²) in [5.74, 6) is -21.1. The van der Waals surface area contributed by atoms with Crippen molar-refractivity contribution < 1.29 is 90.2 Å². The molecule has 0 bridgehead atoms. The number of rotatable bonds is 26. The predicted octanol–water partition coefficient (Wildman–Crippen LogP) is 3.16. The molecule has 0 spiro atoms. The number of phenols is 1. The first-order valence-corrected chi connectivity index (χ1v) is 48.4. The number of H-pyrrole nitrogens is 1. The van der Waals surface area contributed by atoms with Crippen LogP contribution < -0.4 is 70.8 Å². The van der Waals surface area contributed by atoms with Crippen LogP contribution in [0.25, 0.3) is 10.9 Å². The molecule has 15 amide bonds. The number of fused-ring (bicyclic) bond motifs is 3. The molecule has 19 N–H and O–H groups in total. The summed E-state index contributed by atoms with van der Waals surface area (Å²) in [4.78, 5) is 236. The summed E-state index contributed by atoms with van der Waals surface area (Å²) in [5.41, 5.74) is 27.9. The van der Waals surface area contributed by atoms with Gasteiger partial charge in [-0.15, -0.1) is 11.8 Å². The summed E-state index contributed by atoms with van der Waals surface area (Å²) in [7, 11) is 3.95. The molecule has 0 aliphatic carbocycles. The van der Waals surface area contributed by atoms with E-state index >= 15 is 56.7 Å². The van der Waals surface area contributed by atoms with Crippen molar-refractivity contribution in [2.45, 2.75) is 215 Å². The van der Waals surface area contributed by atoms with Crippen molar-refractivity contribution >= 4 is 111 Å². The Kier molecular flexibility index (Phi) is 40.7. The average molecular weight is 1940 g/mol. The molecule has 139 heavy (non-hydrogen) atoms. The van der Waals surface area contributed by atoms with Crippen molar-refractivity contribution in [3.63, 3.8) is 0 Å². The molecule has 748 valence electrons. The molecule has 7 aromatic rings. The number of halogens is 3. The van der Waals surface area contributed by atoms with E-state index in [1.807, 2.05) is 25.1 Å². The average Bonchev–Trinajstić information content (AvgIpc) is 1.79. The van der Waals surface area contributed by atoms with Gasteiger partial charge in [-0.3, -0.25) is 71.9 Å². The van der Waals surface area contributed by atoms with Gasteiger partial charge in [0.05, 0.1) is 18.2 Å². The number of primary amides is 1. The smallest absolute Gasteiger partial charge is 0.246 e. The van der Waals surface area contributed by atoms with Crippen LogP contribution in [0.3, 0.4) is 0 Å². The number of nitrogens with zero attached hydrogens (tertiary/aromatic N) is 5. The lowest BCUT2D eigenvalue weighted by Gasteiger charge is -2.38. The number of aromatic hydroxyl groups is 1. The van der Waals surface area contributed by atoms with E-state index in [4.69, 9.17) is 22.9 Å². The topological polar surface area (TPSA) is 521 Å². The zero-order valence-electron chi connectivity index (χ0n) is 79.3. The number of amides is 15. The van der Waals surface area contributed by atoms with Gasteiger partial charge in [-0.05, 0) is 159 Å². The summed E-state index contributed by atoms with van der Waals surface area (Å²) in [5, 5.41) is 35.7. The monoisotopic (exact) mass is 1940 g/mol. The minimum Gasteiger partial charge on any atom is -0.508 e. The maximum absolute atomic E-state index is 15.9. The standard InChI is InChI=1S/C100H130F3N19O16S/c1-7-8-29-81-99(137)122-44-21-31-80(122)94(132)115-77(53-106)92(130)117-87(59(2)3)100(138)119(5)82(49-61-22-11-9-12-23-61)95(133)114-76(47-63-32-34-64(52-105)35-33-63)97(135)121-43-20-18-30-79(121)93(131)109-55-67(51-66-54-108-72-27-16-15-26-69(66)72)88(126)112-74(41-38-60-36-39-68(123)40-37-60)91(129)113-73(28-17-19-42-104)90(128)116-78(89(127)110-56-84(107)124)57-139-58-85(125)111-75(48-65-45-70(101)86(103)71(102)46-65)96(134)120(6)83(98(136)118(81)4)50-62-24-13-10-14-25-62/h9-16,22-27,32-37,39-40,45-46,54,59,67,73-83,87,108,123H,7-8,17-21,28-31,38,41-44,47-53,55-58,104-106H2,1-6H3,(H2,107,124)(H,109,131)(H,110,127)(H,111,125)(H,112,126)(H,113,129)(H,114,133)(H,115,132)(H,116,128)(H,117,130)/t67-,73+,74-,75+,76+,77+,78+,79-,80-,81+,82?,83+,87+/m1/s1. The number of aromatic amines is 1. The van der Waals surface area contributed by atoms with E-state index in [-0.39, 0.29) is 115 Å². The van der Waals surface area contributed by atoms with Gasteiger partial charge in [0.1, 0.15) is 78.3 Å². The second-order valence-corrected chi connectivity index (χ2v) is 37.1. The second-order valence-electron chi connectivity index (χ2n) is 36.0. The number of carbonyl (C=O) groups is 15. The maximum Gasteiger partial charge on any atom is 0.246 e. The molecule has 3 saturated heterocycles. The molecular formula is C100H130F3N19O16S. The number of phenolic OH excluding ortho intramolecular Hbond substituents is 1. The molecule has 1 unspecified atom stereocenters. The number of carbonyl (C=O) groups excluding carboxylic acids is 15. The first-order valence-electron chi connectivity index (χ1n) is 47.3. The lowest BCUT2D eigenvalue weighted by molar-refractivity contribution is -0.152. The van der Waals surface area contributed by atoms with Crippen molar-refractivity contribution in [2.75, 3.05) is 71.9 Å². The second kappa shape index (κ2) is 52.5. The summed E-state index contributed by atoms with van der Waals surface area (Å²) in [6.45, 7) is 3.80. The molecule has 3 aliphatic rings. The molecule has 1 aromatic heterocycles. The Bertz CT molecular complexity index is 5410. The van der Waals surface area contributed by atoms with Crippen molar-refractivity contribution in [1.29, 1.82) is 0 Å². The highest BCUT2D eigenvalue weighted by Crippen LogP contribution is 2.29. The van der Waals surface area contributed by atoms with Crippen LogP contribution in [0.1, 0.15) is 137 Å². The number of aryl methyl sites for hydroxylation is 1.